The van der Waals surface area contributed by atoms with E-state index in [0.717, 1.165) is 13.1 Å². The van der Waals surface area contributed by atoms with Gasteiger partial charge in [0.2, 0.25) is 5.91 Å². The molecule has 1 aliphatic heterocycles. The van der Waals surface area contributed by atoms with Crippen molar-refractivity contribution >= 4 is 12.0 Å². The first-order valence-electron chi connectivity index (χ1n) is 6.97. The molecular weight excluding hydrogens is 252 g/mol. The van der Waals surface area contributed by atoms with E-state index in [4.69, 9.17) is 10.5 Å². The Morgan fingerprint density at radius 1 is 1.45 bits per heavy atom. The first-order valence-corrected chi connectivity index (χ1v) is 6.97. The lowest BCUT2D eigenvalue weighted by Gasteiger charge is -2.35. The van der Waals surface area contributed by atoms with E-state index < -0.39 is 0 Å². The lowest BCUT2D eigenvalue weighted by Crippen LogP contribution is -2.47. The van der Waals surface area contributed by atoms with Crippen molar-refractivity contribution in [3.05, 3.63) is 41.5 Å². The molecular formula is C16H22N2O2. The monoisotopic (exact) mass is 274 g/mol. The maximum Gasteiger partial charge on any atom is 0.219 e. The van der Waals surface area contributed by atoms with Crippen molar-refractivity contribution in [3.63, 3.8) is 0 Å². The quantitative estimate of drug-likeness (QED) is 0.888. The minimum absolute atomic E-state index is 0.0976. The average molecular weight is 274 g/mol. The predicted molar refractivity (Wildman–Crippen MR) is 80.1 cm³/mol. The van der Waals surface area contributed by atoms with Crippen LogP contribution in [0, 0.1) is 0 Å². The highest BCUT2D eigenvalue weighted by molar-refractivity contribution is 5.74. The summed E-state index contributed by atoms with van der Waals surface area (Å²) >= 11 is 0. The summed E-state index contributed by atoms with van der Waals surface area (Å²) in [6.07, 6.45) is 2.54. The number of rotatable bonds is 5. The van der Waals surface area contributed by atoms with Gasteiger partial charge in [-0.3, -0.25) is 9.69 Å². The fraction of sp³-hybridized carbons (Fsp3) is 0.438. The molecule has 4 nitrogen and oxygen atoms in total. The molecule has 1 aromatic carbocycles. The van der Waals surface area contributed by atoms with Crippen molar-refractivity contribution in [2.75, 3.05) is 26.3 Å². The number of benzene rings is 1. The van der Waals surface area contributed by atoms with E-state index in [2.05, 4.69) is 30.0 Å². The summed E-state index contributed by atoms with van der Waals surface area (Å²) < 4.78 is 5.44. The molecule has 2 N–H and O–H groups in total. The normalized spacial score (nSPS) is 20.9. The summed E-state index contributed by atoms with van der Waals surface area (Å²) in [6.45, 7) is 5.10. The molecule has 1 unspecified atom stereocenters. The van der Waals surface area contributed by atoms with Crippen molar-refractivity contribution in [2.24, 2.45) is 5.73 Å². The summed E-state index contributed by atoms with van der Waals surface area (Å²) in [6, 6.07) is 10.3. The van der Waals surface area contributed by atoms with Crippen molar-refractivity contribution < 1.29 is 9.53 Å². The standard InChI is InChI=1S/C16H22N2O2/c1-13(9-14-5-3-2-4-6-14)11-18-7-8-20-12-15(18)10-16(17)19/h2-6,9,15H,7-8,10-12H2,1H3,(H2,17,19)/b13-9+. The predicted octanol–water partition coefficient (Wildman–Crippen LogP) is 1.67. The average Bonchev–Trinajstić information content (AvgIpc) is 2.41. The van der Waals surface area contributed by atoms with E-state index in [1.807, 2.05) is 18.2 Å². The third kappa shape index (κ3) is 4.47. The summed E-state index contributed by atoms with van der Waals surface area (Å²) in [7, 11) is 0. The van der Waals surface area contributed by atoms with Crippen molar-refractivity contribution in [1.29, 1.82) is 0 Å². The van der Waals surface area contributed by atoms with Gasteiger partial charge in [-0.05, 0) is 12.5 Å². The molecule has 1 aromatic rings. The zero-order chi connectivity index (χ0) is 14.4. The number of hydrogen-bond donors (Lipinski definition) is 1. The maximum atomic E-state index is 11.1. The first-order chi connectivity index (χ1) is 9.65. The van der Waals surface area contributed by atoms with Crippen LogP contribution in [0.15, 0.2) is 35.9 Å². The maximum absolute atomic E-state index is 11.1. The highest BCUT2D eigenvalue weighted by Crippen LogP contribution is 2.14. The Bertz CT molecular complexity index is 471. The van der Waals surface area contributed by atoms with Crippen LogP contribution in [0.3, 0.4) is 0 Å². The number of nitrogens with zero attached hydrogens (tertiary/aromatic N) is 1. The molecule has 4 heteroatoms. The van der Waals surface area contributed by atoms with E-state index in [9.17, 15) is 4.79 Å². The number of nitrogens with two attached hydrogens (primary N) is 1. The molecule has 108 valence electrons. The lowest BCUT2D eigenvalue weighted by molar-refractivity contribution is -0.120. The van der Waals surface area contributed by atoms with Crippen LogP contribution >= 0.6 is 0 Å². The number of carbonyl (C=O) groups excluding carboxylic acids is 1. The van der Waals surface area contributed by atoms with E-state index in [-0.39, 0.29) is 11.9 Å². The SMILES string of the molecule is C/C(=C\c1ccccc1)CN1CCOCC1CC(N)=O. The highest BCUT2D eigenvalue weighted by Gasteiger charge is 2.24. The Morgan fingerprint density at radius 3 is 2.90 bits per heavy atom. The molecule has 1 heterocycles. The Hall–Kier alpha value is -1.65. The van der Waals surface area contributed by atoms with E-state index in [1.54, 1.807) is 0 Å². The molecule has 0 aliphatic carbocycles. The second-order valence-corrected chi connectivity index (χ2v) is 5.27. The van der Waals surface area contributed by atoms with Crippen LogP contribution < -0.4 is 5.73 Å². The second kappa shape index (κ2) is 7.22. The van der Waals surface area contributed by atoms with Gasteiger partial charge in [-0.1, -0.05) is 42.0 Å². The third-order valence-electron chi connectivity index (χ3n) is 3.45. The van der Waals surface area contributed by atoms with E-state index >= 15 is 0 Å². The summed E-state index contributed by atoms with van der Waals surface area (Å²) in [5, 5.41) is 0. The van der Waals surface area contributed by atoms with Crippen molar-refractivity contribution in [1.82, 2.24) is 4.90 Å². The van der Waals surface area contributed by atoms with E-state index in [1.165, 1.54) is 11.1 Å². The molecule has 20 heavy (non-hydrogen) atoms. The van der Waals surface area contributed by atoms with Gasteiger partial charge in [-0.2, -0.15) is 0 Å². The molecule has 0 bridgehead atoms. The lowest BCUT2D eigenvalue weighted by atomic mass is 10.1. The van der Waals surface area contributed by atoms with Crippen molar-refractivity contribution in [3.8, 4) is 0 Å². The number of ether oxygens (including phenoxy) is 1. The Balaban J connectivity index is 1.99. The van der Waals surface area contributed by atoms with Crippen LogP contribution in [-0.2, 0) is 9.53 Å². The third-order valence-corrected chi connectivity index (χ3v) is 3.45. The minimum atomic E-state index is -0.268. The minimum Gasteiger partial charge on any atom is -0.378 e. The second-order valence-electron chi connectivity index (χ2n) is 5.27. The van der Waals surface area contributed by atoms with Crippen LogP contribution in [0.2, 0.25) is 0 Å². The number of hydrogen-bond acceptors (Lipinski definition) is 3. The van der Waals surface area contributed by atoms with E-state index in [0.29, 0.717) is 19.6 Å². The summed E-state index contributed by atoms with van der Waals surface area (Å²) in [5.41, 5.74) is 7.77. The zero-order valence-corrected chi connectivity index (χ0v) is 11.9. The zero-order valence-electron chi connectivity index (χ0n) is 11.9. The number of morpholine rings is 1. The molecule has 1 saturated heterocycles. The Morgan fingerprint density at radius 2 is 2.20 bits per heavy atom. The van der Waals surface area contributed by atoms with Gasteiger partial charge in [0.15, 0.2) is 0 Å². The van der Waals surface area contributed by atoms with Crippen LogP contribution in [0.25, 0.3) is 6.08 Å². The van der Waals surface area contributed by atoms with Crippen LogP contribution in [-0.4, -0.2) is 43.2 Å². The molecule has 1 fully saturated rings. The van der Waals surface area contributed by atoms with Crippen LogP contribution in [0.4, 0.5) is 0 Å². The van der Waals surface area contributed by atoms with Gasteiger partial charge in [0, 0.05) is 25.6 Å². The smallest absolute Gasteiger partial charge is 0.219 e. The van der Waals surface area contributed by atoms with Gasteiger partial charge in [0.25, 0.3) is 0 Å². The molecule has 1 amide bonds. The first kappa shape index (κ1) is 14.8. The molecule has 0 radical (unpaired) electrons. The molecule has 0 spiro atoms. The number of carbonyl (C=O) groups is 1. The number of primary amides is 1. The Labute approximate surface area is 120 Å². The largest absolute Gasteiger partial charge is 0.378 e. The fourth-order valence-electron chi connectivity index (χ4n) is 2.52. The molecule has 1 aliphatic rings. The van der Waals surface area contributed by atoms with Gasteiger partial charge in [0.1, 0.15) is 0 Å². The fourth-order valence-corrected chi connectivity index (χ4v) is 2.52. The van der Waals surface area contributed by atoms with Gasteiger partial charge < -0.3 is 10.5 Å². The van der Waals surface area contributed by atoms with Gasteiger partial charge >= 0.3 is 0 Å². The number of amides is 1. The summed E-state index contributed by atoms with van der Waals surface area (Å²) in [4.78, 5) is 13.4. The topological polar surface area (TPSA) is 55.6 Å². The van der Waals surface area contributed by atoms with Gasteiger partial charge in [0.05, 0.1) is 13.2 Å². The molecule has 0 aromatic heterocycles. The molecule has 2 rings (SSSR count). The highest BCUT2D eigenvalue weighted by atomic mass is 16.5. The molecule has 1 atom stereocenters. The van der Waals surface area contributed by atoms with Crippen LogP contribution in [0.1, 0.15) is 18.9 Å². The van der Waals surface area contributed by atoms with Gasteiger partial charge in [-0.15, -0.1) is 0 Å². The van der Waals surface area contributed by atoms with Gasteiger partial charge in [-0.25, -0.2) is 0 Å². The Kier molecular flexibility index (Phi) is 5.32. The molecule has 0 saturated carbocycles. The van der Waals surface area contributed by atoms with Crippen molar-refractivity contribution in [2.45, 2.75) is 19.4 Å². The summed E-state index contributed by atoms with van der Waals surface area (Å²) in [5.74, 6) is -0.268. The van der Waals surface area contributed by atoms with Crippen LogP contribution in [0.5, 0.6) is 0 Å².